The lowest BCUT2D eigenvalue weighted by molar-refractivity contribution is 0.0813. The van der Waals surface area contributed by atoms with Crippen LogP contribution in [0.15, 0.2) is 24.3 Å². The summed E-state index contributed by atoms with van der Waals surface area (Å²) in [7, 11) is 0. The number of rotatable bonds is 4. The minimum absolute atomic E-state index is 0.312. The van der Waals surface area contributed by atoms with Crippen LogP contribution in [0.5, 0.6) is 0 Å². The SMILES string of the molecule is CC(C)OCCc1ccc(Cl)cc1. The molecular weight excluding hydrogens is 184 g/mol. The third-order valence-electron chi connectivity index (χ3n) is 1.76. The van der Waals surface area contributed by atoms with E-state index in [0.29, 0.717) is 6.10 Å². The minimum Gasteiger partial charge on any atom is -0.378 e. The molecule has 0 atom stereocenters. The van der Waals surface area contributed by atoms with Gasteiger partial charge in [0.1, 0.15) is 0 Å². The Morgan fingerprint density at radius 3 is 2.38 bits per heavy atom. The largest absolute Gasteiger partial charge is 0.378 e. The first-order valence-electron chi connectivity index (χ1n) is 4.54. The molecule has 0 aliphatic heterocycles. The second kappa shape index (κ2) is 5.25. The summed E-state index contributed by atoms with van der Waals surface area (Å²) in [6, 6.07) is 7.89. The highest BCUT2D eigenvalue weighted by Crippen LogP contribution is 2.09. The zero-order chi connectivity index (χ0) is 9.68. The smallest absolute Gasteiger partial charge is 0.0519 e. The van der Waals surface area contributed by atoms with E-state index in [1.807, 2.05) is 38.1 Å². The molecule has 0 amide bonds. The normalized spacial score (nSPS) is 10.8. The van der Waals surface area contributed by atoms with Crippen LogP contribution < -0.4 is 0 Å². The number of halogens is 1. The van der Waals surface area contributed by atoms with Gasteiger partial charge in [-0.1, -0.05) is 23.7 Å². The Morgan fingerprint density at radius 2 is 1.85 bits per heavy atom. The fourth-order valence-corrected chi connectivity index (χ4v) is 1.19. The highest BCUT2D eigenvalue weighted by Gasteiger charge is 1.95. The average Bonchev–Trinajstić information content (AvgIpc) is 2.08. The Morgan fingerprint density at radius 1 is 1.23 bits per heavy atom. The maximum atomic E-state index is 5.76. The molecule has 72 valence electrons. The number of hydrogen-bond acceptors (Lipinski definition) is 1. The van der Waals surface area contributed by atoms with Crippen molar-refractivity contribution < 1.29 is 4.74 Å². The van der Waals surface area contributed by atoms with Gasteiger partial charge in [0.05, 0.1) is 12.7 Å². The molecule has 0 bridgehead atoms. The molecule has 0 radical (unpaired) electrons. The lowest BCUT2D eigenvalue weighted by atomic mass is 10.2. The van der Waals surface area contributed by atoms with E-state index >= 15 is 0 Å². The van der Waals surface area contributed by atoms with Crippen molar-refractivity contribution in [2.75, 3.05) is 6.61 Å². The molecule has 0 spiro atoms. The van der Waals surface area contributed by atoms with E-state index in [2.05, 4.69) is 0 Å². The molecule has 0 fully saturated rings. The maximum Gasteiger partial charge on any atom is 0.0519 e. The molecule has 0 saturated carbocycles. The van der Waals surface area contributed by atoms with E-state index in [1.54, 1.807) is 0 Å². The molecule has 1 rings (SSSR count). The highest BCUT2D eigenvalue weighted by atomic mass is 35.5. The van der Waals surface area contributed by atoms with Gasteiger partial charge in [0.2, 0.25) is 0 Å². The summed E-state index contributed by atoms with van der Waals surface area (Å²) < 4.78 is 5.44. The topological polar surface area (TPSA) is 9.23 Å². The highest BCUT2D eigenvalue weighted by molar-refractivity contribution is 6.30. The first kappa shape index (κ1) is 10.6. The Labute approximate surface area is 84.7 Å². The molecule has 1 aromatic rings. The van der Waals surface area contributed by atoms with Crippen LogP contribution in [0.25, 0.3) is 0 Å². The van der Waals surface area contributed by atoms with Crippen LogP contribution in [0.4, 0.5) is 0 Å². The van der Waals surface area contributed by atoms with Gasteiger partial charge in [-0.25, -0.2) is 0 Å². The monoisotopic (exact) mass is 198 g/mol. The standard InChI is InChI=1S/C11H15ClO/c1-9(2)13-8-7-10-3-5-11(12)6-4-10/h3-6,9H,7-8H2,1-2H3. The Hall–Kier alpha value is -0.530. The van der Waals surface area contributed by atoms with E-state index in [0.717, 1.165) is 18.1 Å². The molecule has 0 aliphatic carbocycles. The third-order valence-corrected chi connectivity index (χ3v) is 2.01. The summed E-state index contributed by atoms with van der Waals surface area (Å²) in [5.41, 5.74) is 1.27. The number of ether oxygens (including phenoxy) is 1. The van der Waals surface area contributed by atoms with E-state index < -0.39 is 0 Å². The van der Waals surface area contributed by atoms with Crippen LogP contribution in [0.1, 0.15) is 19.4 Å². The predicted octanol–water partition coefficient (Wildman–Crippen LogP) is 3.31. The van der Waals surface area contributed by atoms with Crippen molar-refractivity contribution in [3.8, 4) is 0 Å². The van der Waals surface area contributed by atoms with Crippen LogP contribution in [0, 0.1) is 0 Å². The summed E-state index contributed by atoms with van der Waals surface area (Å²) in [5.74, 6) is 0. The van der Waals surface area contributed by atoms with Gasteiger partial charge in [-0.05, 0) is 38.0 Å². The second-order valence-electron chi connectivity index (χ2n) is 3.30. The van der Waals surface area contributed by atoms with Gasteiger partial charge in [-0.15, -0.1) is 0 Å². The molecule has 13 heavy (non-hydrogen) atoms. The minimum atomic E-state index is 0.312. The van der Waals surface area contributed by atoms with E-state index in [1.165, 1.54) is 5.56 Å². The predicted molar refractivity (Wildman–Crippen MR) is 56.2 cm³/mol. The van der Waals surface area contributed by atoms with Crippen molar-refractivity contribution in [2.45, 2.75) is 26.4 Å². The van der Waals surface area contributed by atoms with E-state index in [-0.39, 0.29) is 0 Å². The molecular formula is C11H15ClO. The summed E-state index contributed by atoms with van der Waals surface area (Å²) >= 11 is 5.76. The first-order chi connectivity index (χ1) is 6.18. The lowest BCUT2D eigenvalue weighted by Gasteiger charge is -2.06. The zero-order valence-corrected chi connectivity index (χ0v) is 8.84. The molecule has 0 saturated heterocycles. The summed E-state index contributed by atoms with van der Waals surface area (Å²) in [4.78, 5) is 0. The third kappa shape index (κ3) is 4.30. The van der Waals surface area contributed by atoms with Gasteiger partial charge in [-0.3, -0.25) is 0 Å². The Bertz CT molecular complexity index is 241. The summed E-state index contributed by atoms with van der Waals surface area (Å²) in [6.07, 6.45) is 1.27. The second-order valence-corrected chi connectivity index (χ2v) is 3.73. The van der Waals surface area contributed by atoms with Crippen LogP contribution >= 0.6 is 11.6 Å². The van der Waals surface area contributed by atoms with Crippen LogP contribution in [0.3, 0.4) is 0 Å². The quantitative estimate of drug-likeness (QED) is 0.722. The van der Waals surface area contributed by atoms with Crippen LogP contribution in [-0.2, 0) is 11.2 Å². The van der Waals surface area contributed by atoms with Gasteiger partial charge in [0, 0.05) is 5.02 Å². The summed E-state index contributed by atoms with van der Waals surface area (Å²) in [5, 5.41) is 0.786. The fourth-order valence-electron chi connectivity index (χ4n) is 1.06. The molecule has 0 heterocycles. The Kier molecular flexibility index (Phi) is 4.26. The van der Waals surface area contributed by atoms with E-state index in [9.17, 15) is 0 Å². The van der Waals surface area contributed by atoms with E-state index in [4.69, 9.17) is 16.3 Å². The number of benzene rings is 1. The first-order valence-corrected chi connectivity index (χ1v) is 4.92. The zero-order valence-electron chi connectivity index (χ0n) is 8.09. The Balaban J connectivity index is 2.33. The van der Waals surface area contributed by atoms with Crippen molar-refractivity contribution in [2.24, 2.45) is 0 Å². The van der Waals surface area contributed by atoms with Gasteiger partial charge >= 0.3 is 0 Å². The molecule has 2 heteroatoms. The lowest BCUT2D eigenvalue weighted by Crippen LogP contribution is -2.05. The average molecular weight is 199 g/mol. The van der Waals surface area contributed by atoms with Gasteiger partial charge < -0.3 is 4.74 Å². The maximum absolute atomic E-state index is 5.76. The molecule has 0 unspecified atom stereocenters. The van der Waals surface area contributed by atoms with Gasteiger partial charge in [0.15, 0.2) is 0 Å². The van der Waals surface area contributed by atoms with Gasteiger partial charge in [-0.2, -0.15) is 0 Å². The van der Waals surface area contributed by atoms with Gasteiger partial charge in [0.25, 0.3) is 0 Å². The molecule has 0 aliphatic rings. The molecule has 0 N–H and O–H groups in total. The molecule has 1 nitrogen and oxygen atoms in total. The van der Waals surface area contributed by atoms with Crippen molar-refractivity contribution in [1.29, 1.82) is 0 Å². The van der Waals surface area contributed by atoms with Crippen molar-refractivity contribution >= 4 is 11.6 Å². The molecule has 0 aromatic heterocycles. The van der Waals surface area contributed by atoms with Crippen molar-refractivity contribution in [3.63, 3.8) is 0 Å². The summed E-state index contributed by atoms with van der Waals surface area (Å²) in [6.45, 7) is 4.86. The van der Waals surface area contributed by atoms with Crippen LogP contribution in [-0.4, -0.2) is 12.7 Å². The number of hydrogen-bond donors (Lipinski definition) is 0. The van der Waals surface area contributed by atoms with Crippen molar-refractivity contribution in [1.82, 2.24) is 0 Å². The molecule has 1 aromatic carbocycles. The fraction of sp³-hybridized carbons (Fsp3) is 0.455. The van der Waals surface area contributed by atoms with Crippen molar-refractivity contribution in [3.05, 3.63) is 34.9 Å². The van der Waals surface area contributed by atoms with Crippen LogP contribution in [0.2, 0.25) is 5.02 Å².